The Kier molecular flexibility index (Phi) is 7.08. The highest BCUT2D eigenvalue weighted by atomic mass is 32.3. The van der Waals surface area contributed by atoms with Crippen molar-refractivity contribution in [2.75, 3.05) is 6.61 Å². The molecule has 0 spiro atoms. The Morgan fingerprint density at radius 1 is 1.00 bits per heavy atom. The van der Waals surface area contributed by atoms with Gasteiger partial charge in [0, 0.05) is 0 Å². The molecule has 0 radical (unpaired) electrons. The van der Waals surface area contributed by atoms with Crippen LogP contribution in [0.2, 0.25) is 0 Å². The standard InChI is InChI=1S/C6H12O12S2/c7-1-3(8)5(10)6(18-20(14,15)16)4(9)2-17-19(11,12)13/h1,3-6,8-10H,2H2,(H,11,12,13)(H,14,15,16)/t3-,4+,5+,6-/m0/s1. The molecule has 0 fully saturated rings. The van der Waals surface area contributed by atoms with Crippen LogP contribution in [0.1, 0.15) is 0 Å². The lowest BCUT2D eigenvalue weighted by atomic mass is 10.0. The fourth-order valence-electron chi connectivity index (χ4n) is 1.01. The third-order valence-electron chi connectivity index (χ3n) is 1.83. The van der Waals surface area contributed by atoms with Crippen LogP contribution in [0, 0.1) is 0 Å². The van der Waals surface area contributed by atoms with E-state index in [1.165, 1.54) is 0 Å². The van der Waals surface area contributed by atoms with Crippen molar-refractivity contribution < 1.29 is 54.4 Å². The summed E-state index contributed by atoms with van der Waals surface area (Å²) in [4.78, 5) is 10.2. The van der Waals surface area contributed by atoms with E-state index in [9.17, 15) is 31.8 Å². The van der Waals surface area contributed by atoms with Gasteiger partial charge in [-0.3, -0.25) is 9.11 Å². The molecule has 4 atom stereocenters. The minimum atomic E-state index is -5.22. The minimum Gasteiger partial charge on any atom is -0.388 e. The summed E-state index contributed by atoms with van der Waals surface area (Å²) < 4.78 is 65.6. The molecule has 0 saturated heterocycles. The third-order valence-corrected chi connectivity index (χ3v) is 2.72. The molecular weight excluding hydrogens is 328 g/mol. The number of aliphatic hydroxyl groups is 3. The van der Waals surface area contributed by atoms with Gasteiger partial charge in [0.25, 0.3) is 0 Å². The van der Waals surface area contributed by atoms with Gasteiger partial charge in [-0.2, -0.15) is 16.8 Å². The Bertz CT molecular complexity index is 508. The van der Waals surface area contributed by atoms with Crippen LogP contribution < -0.4 is 0 Å². The molecule has 0 heterocycles. The van der Waals surface area contributed by atoms with Crippen LogP contribution in [-0.4, -0.2) is 78.6 Å². The molecule has 14 heteroatoms. The number of hydrogen-bond donors (Lipinski definition) is 5. The van der Waals surface area contributed by atoms with E-state index >= 15 is 0 Å². The first kappa shape index (κ1) is 19.3. The van der Waals surface area contributed by atoms with Crippen molar-refractivity contribution in [3.63, 3.8) is 0 Å². The van der Waals surface area contributed by atoms with E-state index in [1.807, 2.05) is 0 Å². The van der Waals surface area contributed by atoms with Gasteiger partial charge in [-0.25, -0.2) is 8.37 Å². The van der Waals surface area contributed by atoms with E-state index in [-0.39, 0.29) is 6.29 Å². The number of hydrogen-bond acceptors (Lipinski definition) is 10. The predicted octanol–water partition coefficient (Wildman–Crippen LogP) is -3.72. The SMILES string of the molecule is O=C[C@H](O)[C@@H](O)[C@@H](OS(=O)(=O)O)[C@H](O)COS(=O)(=O)O. The molecule has 20 heavy (non-hydrogen) atoms. The minimum absolute atomic E-state index is 0.235. The average Bonchev–Trinajstić information content (AvgIpc) is 2.29. The molecule has 0 aliphatic heterocycles. The highest BCUT2D eigenvalue weighted by Crippen LogP contribution is 2.12. The van der Waals surface area contributed by atoms with E-state index in [2.05, 4.69) is 8.37 Å². The monoisotopic (exact) mass is 340 g/mol. The molecule has 0 aliphatic rings. The van der Waals surface area contributed by atoms with E-state index in [0.717, 1.165) is 0 Å². The first-order chi connectivity index (χ1) is 8.87. The van der Waals surface area contributed by atoms with E-state index in [4.69, 9.17) is 14.2 Å². The highest BCUT2D eigenvalue weighted by molar-refractivity contribution is 7.81. The molecule has 0 saturated carbocycles. The number of aliphatic hydroxyl groups excluding tert-OH is 3. The van der Waals surface area contributed by atoms with Crippen LogP contribution in [0.4, 0.5) is 0 Å². The fourth-order valence-corrected chi connectivity index (χ4v) is 1.85. The van der Waals surface area contributed by atoms with Gasteiger partial charge in [0.15, 0.2) is 6.29 Å². The van der Waals surface area contributed by atoms with Gasteiger partial charge in [0.2, 0.25) is 0 Å². The Morgan fingerprint density at radius 3 is 1.85 bits per heavy atom. The quantitative estimate of drug-likeness (QED) is 0.203. The van der Waals surface area contributed by atoms with E-state index in [1.54, 1.807) is 0 Å². The second-order valence-electron chi connectivity index (χ2n) is 3.39. The van der Waals surface area contributed by atoms with Crippen LogP contribution in [0.3, 0.4) is 0 Å². The van der Waals surface area contributed by atoms with Gasteiger partial charge in [-0.05, 0) is 0 Å². The zero-order chi connectivity index (χ0) is 16.1. The smallest absolute Gasteiger partial charge is 0.388 e. The Morgan fingerprint density at radius 2 is 1.50 bits per heavy atom. The molecule has 0 aromatic heterocycles. The third kappa shape index (κ3) is 7.78. The lowest BCUT2D eigenvalue weighted by Crippen LogP contribution is -2.49. The molecule has 0 aliphatic carbocycles. The van der Waals surface area contributed by atoms with Crippen molar-refractivity contribution in [3.8, 4) is 0 Å². The average molecular weight is 340 g/mol. The molecule has 12 nitrogen and oxygen atoms in total. The lowest BCUT2D eigenvalue weighted by Gasteiger charge is -2.26. The fraction of sp³-hybridized carbons (Fsp3) is 0.833. The summed E-state index contributed by atoms with van der Waals surface area (Å²) in [6.07, 6.45) is -9.37. The molecular formula is C6H12O12S2. The molecule has 0 bridgehead atoms. The normalized spacial score (nSPS) is 19.1. The Hall–Kier alpha value is -0.710. The Balaban J connectivity index is 5.05. The molecule has 0 aromatic carbocycles. The zero-order valence-corrected chi connectivity index (χ0v) is 11.1. The highest BCUT2D eigenvalue weighted by Gasteiger charge is 2.37. The summed E-state index contributed by atoms with van der Waals surface area (Å²) in [7, 11) is -10.2. The topological polar surface area (TPSA) is 205 Å². The molecule has 120 valence electrons. The number of carbonyl (C=O) groups excluding carboxylic acids is 1. The van der Waals surface area contributed by atoms with Crippen molar-refractivity contribution in [2.24, 2.45) is 0 Å². The molecule has 0 amide bonds. The summed E-state index contributed by atoms with van der Waals surface area (Å²) in [6, 6.07) is 0. The van der Waals surface area contributed by atoms with Crippen molar-refractivity contribution in [3.05, 3.63) is 0 Å². The first-order valence-electron chi connectivity index (χ1n) is 4.64. The van der Waals surface area contributed by atoms with Crippen LogP contribution in [-0.2, 0) is 34.0 Å². The summed E-state index contributed by atoms with van der Waals surface area (Å²) in [5, 5.41) is 27.7. The van der Waals surface area contributed by atoms with Crippen LogP contribution in [0.25, 0.3) is 0 Å². The summed E-state index contributed by atoms with van der Waals surface area (Å²) in [5.41, 5.74) is 0. The zero-order valence-electron chi connectivity index (χ0n) is 9.50. The van der Waals surface area contributed by atoms with Gasteiger partial charge in [-0.15, -0.1) is 0 Å². The van der Waals surface area contributed by atoms with Crippen molar-refractivity contribution >= 4 is 27.1 Å². The molecule has 0 unspecified atom stereocenters. The van der Waals surface area contributed by atoms with Gasteiger partial charge in [-0.1, -0.05) is 0 Å². The number of carbonyl (C=O) groups is 1. The van der Waals surface area contributed by atoms with Gasteiger partial charge >= 0.3 is 20.8 Å². The molecule has 5 N–H and O–H groups in total. The van der Waals surface area contributed by atoms with Crippen molar-refractivity contribution in [1.82, 2.24) is 0 Å². The van der Waals surface area contributed by atoms with E-state index < -0.39 is 51.8 Å². The lowest BCUT2D eigenvalue weighted by molar-refractivity contribution is -0.132. The first-order valence-corrected chi connectivity index (χ1v) is 7.37. The largest absolute Gasteiger partial charge is 0.397 e. The number of aldehydes is 1. The maximum absolute atomic E-state index is 10.5. The maximum Gasteiger partial charge on any atom is 0.397 e. The van der Waals surface area contributed by atoms with Crippen LogP contribution in [0.5, 0.6) is 0 Å². The van der Waals surface area contributed by atoms with Crippen molar-refractivity contribution in [2.45, 2.75) is 24.4 Å². The van der Waals surface area contributed by atoms with Crippen LogP contribution in [0.15, 0.2) is 0 Å². The second kappa shape index (κ2) is 7.34. The molecule has 0 rings (SSSR count). The summed E-state index contributed by atoms with van der Waals surface area (Å²) in [5.74, 6) is 0. The number of rotatable bonds is 9. The Labute approximate surface area is 113 Å². The van der Waals surface area contributed by atoms with Crippen molar-refractivity contribution in [1.29, 1.82) is 0 Å². The maximum atomic E-state index is 10.5. The predicted molar refractivity (Wildman–Crippen MR) is 58.0 cm³/mol. The van der Waals surface area contributed by atoms with Gasteiger partial charge in [0.05, 0.1) is 6.61 Å². The van der Waals surface area contributed by atoms with Crippen LogP contribution >= 0.6 is 0 Å². The summed E-state index contributed by atoms with van der Waals surface area (Å²) >= 11 is 0. The van der Waals surface area contributed by atoms with Gasteiger partial charge in [0.1, 0.15) is 24.4 Å². The van der Waals surface area contributed by atoms with Gasteiger partial charge < -0.3 is 20.1 Å². The van der Waals surface area contributed by atoms with E-state index in [0.29, 0.717) is 0 Å². The summed E-state index contributed by atoms with van der Waals surface area (Å²) in [6.45, 7) is -1.29. The molecule has 0 aromatic rings. The second-order valence-corrected chi connectivity index (χ2v) is 5.52.